The van der Waals surface area contributed by atoms with Crippen LogP contribution in [-0.2, 0) is 14.2 Å². The van der Waals surface area contributed by atoms with Crippen LogP contribution in [0.2, 0.25) is 0 Å². The van der Waals surface area contributed by atoms with E-state index in [0.717, 1.165) is 12.8 Å². The summed E-state index contributed by atoms with van der Waals surface area (Å²) in [5.41, 5.74) is 0. The normalized spacial score (nSPS) is 61.8. The minimum atomic E-state index is 0.410. The molecule has 2 heterocycles. The summed E-state index contributed by atoms with van der Waals surface area (Å²) in [7, 11) is 0. The molecule has 5 unspecified atom stereocenters. The second kappa shape index (κ2) is 2.27. The molecule has 4 rings (SSSR count). The summed E-state index contributed by atoms with van der Waals surface area (Å²) >= 11 is 0. The smallest absolute Gasteiger partial charge is 0.110 e. The van der Waals surface area contributed by atoms with Crippen molar-refractivity contribution in [1.29, 1.82) is 0 Å². The van der Waals surface area contributed by atoms with E-state index in [-0.39, 0.29) is 0 Å². The van der Waals surface area contributed by atoms with Gasteiger partial charge in [0, 0.05) is 12.8 Å². The molecule has 2 saturated heterocycles. The molecule has 13 heavy (non-hydrogen) atoms. The first-order valence-electron chi connectivity index (χ1n) is 5.36. The van der Waals surface area contributed by atoms with E-state index in [9.17, 15) is 0 Å². The summed E-state index contributed by atoms with van der Waals surface area (Å²) in [4.78, 5) is 0. The maximum Gasteiger partial charge on any atom is 0.110 e. The van der Waals surface area contributed by atoms with Crippen molar-refractivity contribution < 1.29 is 14.2 Å². The van der Waals surface area contributed by atoms with E-state index in [4.69, 9.17) is 14.2 Å². The first-order chi connectivity index (χ1) is 6.40. The zero-order chi connectivity index (χ0) is 8.41. The van der Waals surface area contributed by atoms with Crippen LogP contribution >= 0.6 is 0 Å². The molecular formula is C10H14O3. The minimum Gasteiger partial charge on any atom is -0.372 e. The Bertz CT molecular complexity index is 232. The molecule has 72 valence electrons. The van der Waals surface area contributed by atoms with E-state index >= 15 is 0 Å². The first kappa shape index (κ1) is 7.21. The predicted octanol–water partition coefficient (Wildman–Crippen LogP) is 0.863. The van der Waals surface area contributed by atoms with Crippen molar-refractivity contribution in [3.8, 4) is 0 Å². The molecule has 0 amide bonds. The van der Waals surface area contributed by atoms with Gasteiger partial charge in [-0.05, 0) is 12.8 Å². The number of fused-ring (bicyclic) bond motifs is 2. The van der Waals surface area contributed by atoms with Crippen LogP contribution < -0.4 is 0 Å². The molecule has 0 radical (unpaired) electrons. The molecule has 4 fully saturated rings. The highest BCUT2D eigenvalue weighted by molar-refractivity contribution is 5.01. The SMILES string of the molecule is C1C(OC2CCC3OC23)CC2OC12. The number of hydrogen-bond acceptors (Lipinski definition) is 3. The molecular weight excluding hydrogens is 168 g/mol. The Morgan fingerprint density at radius 1 is 0.923 bits per heavy atom. The summed E-state index contributed by atoms with van der Waals surface area (Å²) < 4.78 is 16.9. The standard InChI is InChI=1S/C10H14O3/c1-2-7-10(13-7)6(1)11-5-3-8-9(4-5)12-8/h5-10H,1-4H2. The highest BCUT2D eigenvalue weighted by atomic mass is 16.6. The lowest BCUT2D eigenvalue weighted by atomic mass is 10.2. The summed E-state index contributed by atoms with van der Waals surface area (Å²) in [5, 5.41) is 0. The highest BCUT2D eigenvalue weighted by Crippen LogP contribution is 2.45. The third-order valence-corrected chi connectivity index (χ3v) is 3.77. The van der Waals surface area contributed by atoms with E-state index in [1.165, 1.54) is 12.8 Å². The van der Waals surface area contributed by atoms with Crippen molar-refractivity contribution in [3.63, 3.8) is 0 Å². The lowest BCUT2D eigenvalue weighted by Crippen LogP contribution is -2.24. The maximum atomic E-state index is 6.02. The van der Waals surface area contributed by atoms with E-state index in [2.05, 4.69) is 0 Å². The molecule has 2 saturated carbocycles. The molecule has 0 aromatic heterocycles. The molecule has 3 nitrogen and oxygen atoms in total. The lowest BCUT2D eigenvalue weighted by molar-refractivity contribution is -0.0391. The van der Waals surface area contributed by atoms with Crippen LogP contribution in [0.3, 0.4) is 0 Å². The van der Waals surface area contributed by atoms with Gasteiger partial charge in [0.2, 0.25) is 0 Å². The highest BCUT2D eigenvalue weighted by Gasteiger charge is 2.54. The van der Waals surface area contributed by atoms with Crippen molar-refractivity contribution in [1.82, 2.24) is 0 Å². The van der Waals surface area contributed by atoms with Crippen LogP contribution in [0.5, 0.6) is 0 Å². The fraction of sp³-hybridized carbons (Fsp3) is 1.00. The largest absolute Gasteiger partial charge is 0.372 e. The molecule has 0 N–H and O–H groups in total. The van der Waals surface area contributed by atoms with Gasteiger partial charge in [-0.1, -0.05) is 0 Å². The van der Waals surface area contributed by atoms with Gasteiger partial charge < -0.3 is 14.2 Å². The Labute approximate surface area is 77.3 Å². The predicted molar refractivity (Wildman–Crippen MR) is 44.5 cm³/mol. The van der Waals surface area contributed by atoms with Gasteiger partial charge in [-0.2, -0.15) is 0 Å². The van der Waals surface area contributed by atoms with Crippen LogP contribution in [0, 0.1) is 0 Å². The van der Waals surface area contributed by atoms with Crippen LogP contribution in [0.1, 0.15) is 25.7 Å². The molecule has 0 aromatic carbocycles. The molecule has 5 atom stereocenters. The van der Waals surface area contributed by atoms with Gasteiger partial charge in [-0.3, -0.25) is 0 Å². The van der Waals surface area contributed by atoms with Gasteiger partial charge in [0.05, 0.1) is 30.5 Å². The van der Waals surface area contributed by atoms with Crippen molar-refractivity contribution in [2.24, 2.45) is 0 Å². The van der Waals surface area contributed by atoms with Gasteiger partial charge >= 0.3 is 0 Å². The quantitative estimate of drug-likeness (QED) is 0.594. The van der Waals surface area contributed by atoms with Crippen LogP contribution in [-0.4, -0.2) is 36.6 Å². The van der Waals surface area contributed by atoms with Crippen LogP contribution in [0.15, 0.2) is 0 Å². The number of epoxide rings is 2. The average molecular weight is 182 g/mol. The minimum absolute atomic E-state index is 0.410. The van der Waals surface area contributed by atoms with Crippen molar-refractivity contribution in [2.45, 2.75) is 62.3 Å². The Hall–Kier alpha value is -0.120. The van der Waals surface area contributed by atoms with Crippen molar-refractivity contribution in [2.75, 3.05) is 0 Å². The monoisotopic (exact) mass is 182 g/mol. The molecule has 0 bridgehead atoms. The third-order valence-electron chi connectivity index (χ3n) is 3.77. The van der Waals surface area contributed by atoms with Crippen molar-refractivity contribution in [3.05, 3.63) is 0 Å². The number of hydrogen-bond donors (Lipinski definition) is 0. The van der Waals surface area contributed by atoms with Gasteiger partial charge in [-0.25, -0.2) is 0 Å². The first-order valence-corrected chi connectivity index (χ1v) is 5.36. The van der Waals surface area contributed by atoms with Gasteiger partial charge in [0.25, 0.3) is 0 Å². The van der Waals surface area contributed by atoms with Gasteiger partial charge in [-0.15, -0.1) is 0 Å². The van der Waals surface area contributed by atoms with Crippen LogP contribution in [0.25, 0.3) is 0 Å². The van der Waals surface area contributed by atoms with Crippen LogP contribution in [0.4, 0.5) is 0 Å². The summed E-state index contributed by atoms with van der Waals surface area (Å²) in [6, 6.07) is 0. The average Bonchev–Trinajstić information content (AvgIpc) is 2.99. The van der Waals surface area contributed by atoms with Crippen molar-refractivity contribution >= 4 is 0 Å². The number of rotatable bonds is 2. The lowest BCUT2D eigenvalue weighted by Gasteiger charge is -2.18. The maximum absolute atomic E-state index is 6.02. The second-order valence-electron chi connectivity index (χ2n) is 4.70. The topological polar surface area (TPSA) is 34.3 Å². The molecule has 3 heteroatoms. The molecule has 4 aliphatic rings. The Morgan fingerprint density at radius 2 is 1.77 bits per heavy atom. The van der Waals surface area contributed by atoms with Gasteiger partial charge in [0.1, 0.15) is 6.10 Å². The Balaban J connectivity index is 1.37. The van der Waals surface area contributed by atoms with E-state index in [1.54, 1.807) is 0 Å². The molecule has 2 aliphatic carbocycles. The summed E-state index contributed by atoms with van der Waals surface area (Å²) in [5.74, 6) is 0. The van der Waals surface area contributed by atoms with Gasteiger partial charge in [0.15, 0.2) is 0 Å². The molecule has 0 aromatic rings. The van der Waals surface area contributed by atoms with E-state index in [1.807, 2.05) is 0 Å². The fourth-order valence-corrected chi connectivity index (χ4v) is 2.92. The molecule has 0 spiro atoms. The van der Waals surface area contributed by atoms with E-state index < -0.39 is 0 Å². The fourth-order valence-electron chi connectivity index (χ4n) is 2.92. The summed E-state index contributed by atoms with van der Waals surface area (Å²) in [6.07, 6.45) is 7.65. The summed E-state index contributed by atoms with van der Waals surface area (Å²) in [6.45, 7) is 0. The third kappa shape index (κ3) is 1.07. The zero-order valence-electron chi connectivity index (χ0n) is 7.52. The number of ether oxygens (including phenoxy) is 3. The van der Waals surface area contributed by atoms with E-state index in [0.29, 0.717) is 36.6 Å². The Morgan fingerprint density at radius 3 is 2.38 bits per heavy atom. The molecule has 2 aliphatic heterocycles. The Kier molecular flexibility index (Phi) is 1.26. The zero-order valence-corrected chi connectivity index (χ0v) is 7.52. The second-order valence-corrected chi connectivity index (χ2v) is 4.70.